The number of rotatable bonds is 5. The molecule has 0 saturated carbocycles. The quantitative estimate of drug-likeness (QED) is 0.279. The van der Waals surface area contributed by atoms with Crippen LogP contribution in [0.1, 0.15) is 12.5 Å². The van der Waals surface area contributed by atoms with E-state index in [9.17, 15) is 14.4 Å². The van der Waals surface area contributed by atoms with Crippen molar-refractivity contribution in [2.45, 2.75) is 32.6 Å². The fourth-order valence-corrected chi connectivity index (χ4v) is 3.97. The molecular formula is C26H27NO5Si. The Bertz CT molecular complexity index is 1120. The highest BCUT2D eigenvalue weighted by Crippen LogP contribution is 2.38. The number of esters is 1. The Labute approximate surface area is 195 Å². The molecule has 170 valence electrons. The van der Waals surface area contributed by atoms with Crippen LogP contribution in [0.3, 0.4) is 0 Å². The van der Waals surface area contributed by atoms with Crippen LogP contribution in [0.4, 0.5) is 10.5 Å². The summed E-state index contributed by atoms with van der Waals surface area (Å²) in [6.07, 6.45) is 1.98. The predicted molar refractivity (Wildman–Crippen MR) is 130 cm³/mol. The molecule has 3 rings (SSSR count). The lowest BCUT2D eigenvalue weighted by molar-refractivity contribution is -0.142. The average molecular weight is 462 g/mol. The molecule has 1 heterocycles. The zero-order valence-corrected chi connectivity index (χ0v) is 20.2. The lowest BCUT2D eigenvalue weighted by atomic mass is 9.87. The molecule has 0 fully saturated rings. The first kappa shape index (κ1) is 24.0. The number of ether oxygens (including phenoxy) is 2. The summed E-state index contributed by atoms with van der Waals surface area (Å²) in [7, 11) is -1.77. The summed E-state index contributed by atoms with van der Waals surface area (Å²) >= 11 is 0. The van der Waals surface area contributed by atoms with Gasteiger partial charge in [0.2, 0.25) is 0 Å². The fourth-order valence-electron chi connectivity index (χ4n) is 3.39. The van der Waals surface area contributed by atoms with Crippen LogP contribution in [0.5, 0.6) is 5.75 Å². The molecule has 1 amide bonds. The summed E-state index contributed by atoms with van der Waals surface area (Å²) in [5, 5.41) is 0. The van der Waals surface area contributed by atoms with E-state index in [1.54, 1.807) is 36.4 Å². The summed E-state index contributed by atoms with van der Waals surface area (Å²) < 4.78 is 10.8. The zero-order valence-electron chi connectivity index (χ0n) is 19.2. The molecule has 0 unspecified atom stereocenters. The summed E-state index contributed by atoms with van der Waals surface area (Å²) in [5.74, 6) is 2.51. The number of hydrogen-bond acceptors (Lipinski definition) is 5. The van der Waals surface area contributed by atoms with Crippen molar-refractivity contribution in [1.82, 2.24) is 0 Å². The predicted octanol–water partition coefficient (Wildman–Crippen LogP) is 4.72. The van der Waals surface area contributed by atoms with Crippen LogP contribution in [0, 0.1) is 17.4 Å². The van der Waals surface area contributed by atoms with E-state index in [1.165, 1.54) is 11.8 Å². The van der Waals surface area contributed by atoms with Gasteiger partial charge in [-0.2, -0.15) is 0 Å². The molecule has 0 bridgehead atoms. The Hall–Kier alpha value is -3.63. The topological polar surface area (TPSA) is 72.9 Å². The van der Waals surface area contributed by atoms with Crippen LogP contribution in [0.25, 0.3) is 5.57 Å². The van der Waals surface area contributed by atoms with Gasteiger partial charge in [0.05, 0.1) is 11.6 Å². The SMILES string of the molecule is CC(=O)OC[C@H](C=O)C1=C[C@H](C#C[Si](C)(C)C)N(C(=O)Oc2ccccc2)c2ccccc21. The van der Waals surface area contributed by atoms with E-state index in [4.69, 9.17) is 9.47 Å². The van der Waals surface area contributed by atoms with Crippen molar-refractivity contribution >= 4 is 37.7 Å². The maximum Gasteiger partial charge on any atom is 0.421 e. The van der Waals surface area contributed by atoms with Crippen LogP contribution in [-0.4, -0.2) is 39.1 Å². The molecule has 1 aliphatic heterocycles. The third-order valence-electron chi connectivity index (χ3n) is 4.86. The van der Waals surface area contributed by atoms with Crippen molar-refractivity contribution < 1.29 is 23.9 Å². The molecular weight excluding hydrogens is 434 g/mol. The van der Waals surface area contributed by atoms with Gasteiger partial charge in [-0.3, -0.25) is 9.69 Å². The fraction of sp³-hybridized carbons (Fsp3) is 0.269. The standard InChI is InChI=1S/C26H27NO5Si/c1-19(29)31-18-20(17-28)24-16-21(14-15-33(2,3)4)27(25-13-9-8-12-23(24)25)26(30)32-22-10-6-5-7-11-22/h5-13,16-17,20-21H,18H2,1-4H3/t20-,21-/m0/s1. The van der Waals surface area contributed by atoms with Crippen molar-refractivity contribution in [3.8, 4) is 17.2 Å². The number of amides is 1. The van der Waals surface area contributed by atoms with Gasteiger partial charge >= 0.3 is 12.1 Å². The van der Waals surface area contributed by atoms with Crippen LogP contribution in [0.15, 0.2) is 60.7 Å². The van der Waals surface area contributed by atoms with Crippen molar-refractivity contribution in [3.05, 3.63) is 66.2 Å². The summed E-state index contributed by atoms with van der Waals surface area (Å²) in [6, 6.07) is 15.5. The minimum absolute atomic E-state index is 0.0817. The maximum absolute atomic E-state index is 13.3. The number of hydrogen-bond donors (Lipinski definition) is 0. The highest BCUT2D eigenvalue weighted by Gasteiger charge is 2.34. The van der Waals surface area contributed by atoms with Crippen molar-refractivity contribution in [2.24, 2.45) is 5.92 Å². The average Bonchev–Trinajstić information content (AvgIpc) is 2.77. The van der Waals surface area contributed by atoms with Crippen LogP contribution < -0.4 is 9.64 Å². The molecule has 2 aromatic carbocycles. The number of carbonyl (C=O) groups is 3. The molecule has 0 aliphatic carbocycles. The van der Waals surface area contributed by atoms with Crippen molar-refractivity contribution in [3.63, 3.8) is 0 Å². The van der Waals surface area contributed by atoms with E-state index in [-0.39, 0.29) is 6.61 Å². The summed E-state index contributed by atoms with van der Waals surface area (Å²) in [5.41, 5.74) is 5.26. The number of nitrogens with zero attached hydrogens (tertiary/aromatic N) is 1. The monoisotopic (exact) mass is 461 g/mol. The molecule has 0 aromatic heterocycles. The number of carbonyl (C=O) groups excluding carboxylic acids is 3. The molecule has 2 atom stereocenters. The van der Waals surface area contributed by atoms with Gasteiger partial charge in [-0.15, -0.1) is 5.54 Å². The normalized spacial score (nSPS) is 15.8. The summed E-state index contributed by atoms with van der Waals surface area (Å²) in [6.45, 7) is 7.56. The second kappa shape index (κ2) is 10.3. The number of para-hydroxylation sites is 2. The molecule has 0 N–H and O–H groups in total. The van der Waals surface area contributed by atoms with Crippen LogP contribution >= 0.6 is 0 Å². The van der Waals surface area contributed by atoms with Gasteiger partial charge in [0.25, 0.3) is 0 Å². The van der Waals surface area contributed by atoms with Crippen LogP contribution in [-0.2, 0) is 14.3 Å². The molecule has 1 aliphatic rings. The number of benzene rings is 2. The van der Waals surface area contributed by atoms with E-state index >= 15 is 0 Å². The lowest BCUT2D eigenvalue weighted by Gasteiger charge is -2.34. The van der Waals surface area contributed by atoms with Gasteiger partial charge in [0.15, 0.2) is 0 Å². The first-order valence-corrected chi connectivity index (χ1v) is 14.2. The van der Waals surface area contributed by atoms with Gasteiger partial charge in [-0.1, -0.05) is 62.0 Å². The molecule has 7 heteroatoms. The van der Waals surface area contributed by atoms with Gasteiger partial charge in [0.1, 0.15) is 32.8 Å². The van der Waals surface area contributed by atoms with E-state index in [2.05, 4.69) is 31.1 Å². The van der Waals surface area contributed by atoms with Gasteiger partial charge in [-0.25, -0.2) is 4.79 Å². The Balaban J connectivity index is 2.09. The van der Waals surface area contributed by atoms with Crippen molar-refractivity contribution in [1.29, 1.82) is 0 Å². The minimum Gasteiger partial charge on any atom is -0.465 e. The number of anilines is 1. The highest BCUT2D eigenvalue weighted by molar-refractivity contribution is 6.83. The van der Waals surface area contributed by atoms with E-state index in [0.29, 0.717) is 22.6 Å². The summed E-state index contributed by atoms with van der Waals surface area (Å²) in [4.78, 5) is 38.1. The lowest BCUT2D eigenvalue weighted by Crippen LogP contribution is -2.44. The highest BCUT2D eigenvalue weighted by atomic mass is 28.3. The Kier molecular flexibility index (Phi) is 7.51. The number of fused-ring (bicyclic) bond motifs is 1. The van der Waals surface area contributed by atoms with Crippen molar-refractivity contribution in [2.75, 3.05) is 11.5 Å². The maximum atomic E-state index is 13.3. The smallest absolute Gasteiger partial charge is 0.421 e. The van der Waals surface area contributed by atoms with E-state index in [0.717, 1.165) is 6.29 Å². The minimum atomic E-state index is -1.77. The van der Waals surface area contributed by atoms with Crippen LogP contribution in [0.2, 0.25) is 19.6 Å². The third-order valence-corrected chi connectivity index (χ3v) is 5.75. The Morgan fingerprint density at radius 3 is 2.39 bits per heavy atom. The first-order valence-electron chi connectivity index (χ1n) is 10.7. The first-order chi connectivity index (χ1) is 15.7. The van der Waals surface area contributed by atoms with Gasteiger partial charge in [0, 0.05) is 12.5 Å². The Morgan fingerprint density at radius 2 is 1.76 bits per heavy atom. The van der Waals surface area contributed by atoms with E-state index in [1.807, 2.05) is 24.3 Å². The van der Waals surface area contributed by atoms with Gasteiger partial charge < -0.3 is 14.3 Å². The molecule has 0 spiro atoms. The molecule has 0 saturated heterocycles. The molecule has 33 heavy (non-hydrogen) atoms. The molecule has 6 nitrogen and oxygen atoms in total. The molecule has 2 aromatic rings. The third kappa shape index (κ3) is 6.21. The zero-order chi connectivity index (χ0) is 24.0. The second-order valence-corrected chi connectivity index (χ2v) is 13.4. The molecule has 0 radical (unpaired) electrons. The second-order valence-electron chi connectivity index (χ2n) is 8.70. The van der Waals surface area contributed by atoms with Gasteiger partial charge in [-0.05, 0) is 29.8 Å². The van der Waals surface area contributed by atoms with E-state index < -0.39 is 32.1 Å². The number of aldehydes is 1. The Morgan fingerprint density at radius 1 is 1.09 bits per heavy atom. The largest absolute Gasteiger partial charge is 0.465 e.